The summed E-state index contributed by atoms with van der Waals surface area (Å²) >= 11 is 0. The molecule has 2 aromatic carbocycles. The average Bonchev–Trinajstić information content (AvgIpc) is 2.77. The monoisotopic (exact) mass is 498 g/mol. The smallest absolute Gasteiger partial charge is 0.362 e. The minimum atomic E-state index is -4.48. The van der Waals surface area contributed by atoms with Crippen LogP contribution < -0.4 is 5.32 Å². The van der Waals surface area contributed by atoms with Crippen LogP contribution in [0.2, 0.25) is 0 Å². The van der Waals surface area contributed by atoms with Gasteiger partial charge in [-0.2, -0.15) is 13.2 Å². The van der Waals surface area contributed by atoms with E-state index in [4.69, 9.17) is 4.74 Å². The number of carbonyl (C=O) groups is 1. The lowest BCUT2D eigenvalue weighted by atomic mass is 9.53. The topological polar surface area (TPSA) is 41.6 Å². The number of hydrogen-bond donors (Lipinski definition) is 1. The third-order valence-corrected chi connectivity index (χ3v) is 8.80. The van der Waals surface area contributed by atoms with Crippen LogP contribution in [0.5, 0.6) is 0 Å². The molecule has 4 aliphatic carbocycles. The molecule has 1 N–H and O–H groups in total. The van der Waals surface area contributed by atoms with Gasteiger partial charge in [0.25, 0.3) is 0 Å². The molecule has 0 aromatic heterocycles. The second-order valence-electron chi connectivity index (χ2n) is 11.7. The van der Waals surface area contributed by atoms with Gasteiger partial charge in [-0.15, -0.1) is 0 Å². The normalized spacial score (nSPS) is 30.2. The van der Waals surface area contributed by atoms with Crippen molar-refractivity contribution in [2.24, 2.45) is 17.8 Å². The van der Waals surface area contributed by atoms with Gasteiger partial charge in [-0.1, -0.05) is 48.0 Å². The second-order valence-corrected chi connectivity index (χ2v) is 11.7. The van der Waals surface area contributed by atoms with E-state index in [9.17, 15) is 18.0 Å². The third-order valence-electron chi connectivity index (χ3n) is 8.80. The number of halogens is 3. The Morgan fingerprint density at radius 1 is 0.972 bits per heavy atom. The fourth-order valence-electron chi connectivity index (χ4n) is 7.51. The van der Waals surface area contributed by atoms with Crippen molar-refractivity contribution in [1.29, 1.82) is 0 Å². The van der Waals surface area contributed by atoms with Gasteiger partial charge in [-0.3, -0.25) is 0 Å². The Morgan fingerprint density at radius 2 is 1.56 bits per heavy atom. The van der Waals surface area contributed by atoms with Crippen molar-refractivity contribution >= 4 is 6.03 Å². The molecule has 5 fully saturated rings. The molecule has 0 spiro atoms. The number of amides is 2. The first kappa shape index (κ1) is 23.8. The summed E-state index contributed by atoms with van der Waals surface area (Å²) in [4.78, 5) is 14.9. The largest absolute Gasteiger partial charge is 0.416 e. The van der Waals surface area contributed by atoms with Gasteiger partial charge in [-0.25, -0.2) is 4.79 Å². The quantitative estimate of drug-likeness (QED) is 0.513. The highest BCUT2D eigenvalue weighted by Crippen LogP contribution is 2.55. The Bertz CT molecular complexity index is 1090. The maximum absolute atomic E-state index is 13.8. The molecular formula is C29H33F3N2O2. The fourth-order valence-corrected chi connectivity index (χ4v) is 7.51. The molecule has 36 heavy (non-hydrogen) atoms. The van der Waals surface area contributed by atoms with Gasteiger partial charge >= 0.3 is 12.2 Å². The highest BCUT2D eigenvalue weighted by Gasteiger charge is 2.52. The zero-order valence-electron chi connectivity index (χ0n) is 20.6. The minimum absolute atomic E-state index is 0.0561. The van der Waals surface area contributed by atoms with E-state index in [1.807, 2.05) is 31.2 Å². The minimum Gasteiger partial charge on any atom is -0.362 e. The van der Waals surface area contributed by atoms with Gasteiger partial charge in [0.2, 0.25) is 0 Å². The average molecular weight is 499 g/mol. The van der Waals surface area contributed by atoms with E-state index in [1.54, 1.807) is 11.0 Å². The van der Waals surface area contributed by atoms with Crippen LogP contribution in [0, 0.1) is 24.7 Å². The van der Waals surface area contributed by atoms with Crippen molar-refractivity contribution in [3.8, 4) is 0 Å². The van der Waals surface area contributed by atoms with E-state index in [2.05, 4.69) is 5.32 Å². The SMILES string of the molecule is Cc1ccc(C(OC2CN(C(=O)NC34CC5CC(CC(C5)C3)C4)C2)c2ccccc2C(F)(F)F)cc1. The number of urea groups is 1. The van der Waals surface area contributed by atoms with E-state index in [1.165, 1.54) is 31.4 Å². The number of alkyl halides is 3. The molecule has 1 atom stereocenters. The Hall–Kier alpha value is -2.54. The molecule has 7 rings (SSSR count). The lowest BCUT2D eigenvalue weighted by molar-refractivity contribution is -0.140. The third kappa shape index (κ3) is 4.51. The Balaban J connectivity index is 1.15. The van der Waals surface area contributed by atoms with E-state index in [0.717, 1.165) is 48.6 Å². The molecule has 5 aliphatic rings. The van der Waals surface area contributed by atoms with Gasteiger partial charge in [-0.05, 0) is 80.4 Å². The van der Waals surface area contributed by atoms with Crippen molar-refractivity contribution in [3.63, 3.8) is 0 Å². The maximum Gasteiger partial charge on any atom is 0.416 e. The molecule has 192 valence electrons. The molecule has 1 heterocycles. The first-order chi connectivity index (χ1) is 17.2. The van der Waals surface area contributed by atoms with Crippen molar-refractivity contribution in [2.45, 2.75) is 69.4 Å². The zero-order valence-corrected chi connectivity index (χ0v) is 20.6. The Kier molecular flexibility index (Phi) is 5.82. The van der Waals surface area contributed by atoms with Gasteiger partial charge < -0.3 is 15.0 Å². The molecule has 4 bridgehead atoms. The molecule has 4 saturated carbocycles. The van der Waals surface area contributed by atoms with Crippen LogP contribution in [0.4, 0.5) is 18.0 Å². The van der Waals surface area contributed by atoms with Crippen LogP contribution in [-0.4, -0.2) is 35.7 Å². The van der Waals surface area contributed by atoms with Crippen LogP contribution in [-0.2, 0) is 10.9 Å². The van der Waals surface area contributed by atoms with Crippen LogP contribution in [0.15, 0.2) is 48.5 Å². The standard InChI is InChI=1S/C29H33F3N2O2/c1-18-6-8-22(9-7-18)26(24-4-2-3-5-25(24)29(30,31)32)36-23-16-34(17-23)27(35)33-28-13-19-10-20(14-28)12-21(11-19)15-28/h2-9,19-21,23,26H,10-17H2,1H3,(H,33,35). The Morgan fingerprint density at radius 3 is 2.14 bits per heavy atom. The first-order valence-electron chi connectivity index (χ1n) is 13.1. The molecule has 1 unspecified atom stereocenters. The number of rotatable bonds is 5. The highest BCUT2D eigenvalue weighted by atomic mass is 19.4. The molecule has 4 nitrogen and oxygen atoms in total. The predicted molar refractivity (Wildman–Crippen MR) is 130 cm³/mol. The van der Waals surface area contributed by atoms with Crippen molar-refractivity contribution in [3.05, 3.63) is 70.8 Å². The van der Waals surface area contributed by atoms with Crippen LogP contribution in [0.1, 0.15) is 66.9 Å². The first-order valence-corrected chi connectivity index (χ1v) is 13.1. The summed E-state index contributed by atoms with van der Waals surface area (Å²) in [6.07, 6.45) is 1.54. The van der Waals surface area contributed by atoms with E-state index in [0.29, 0.717) is 18.7 Å². The number of nitrogens with zero attached hydrogens (tertiary/aromatic N) is 1. The fraction of sp³-hybridized carbons (Fsp3) is 0.552. The van der Waals surface area contributed by atoms with Gasteiger partial charge in [0.05, 0.1) is 24.8 Å². The second kappa shape index (κ2) is 8.79. The summed E-state index contributed by atoms with van der Waals surface area (Å²) in [5.41, 5.74) is 1.05. The molecule has 1 aliphatic heterocycles. The van der Waals surface area contributed by atoms with Gasteiger partial charge in [0, 0.05) is 5.54 Å². The van der Waals surface area contributed by atoms with Crippen molar-refractivity contribution in [1.82, 2.24) is 10.2 Å². The zero-order chi connectivity index (χ0) is 25.1. The number of carbonyl (C=O) groups excluding carboxylic acids is 1. The number of aryl methyl sites for hydroxylation is 1. The summed E-state index contributed by atoms with van der Waals surface area (Å²) in [5.74, 6) is 2.23. The maximum atomic E-state index is 13.8. The number of benzene rings is 2. The number of hydrogen-bond acceptors (Lipinski definition) is 2. The Labute approximate surface area is 210 Å². The van der Waals surface area contributed by atoms with Crippen molar-refractivity contribution in [2.75, 3.05) is 13.1 Å². The van der Waals surface area contributed by atoms with Crippen LogP contribution in [0.3, 0.4) is 0 Å². The van der Waals surface area contributed by atoms with E-state index in [-0.39, 0.29) is 23.2 Å². The lowest BCUT2D eigenvalue weighted by Crippen LogP contribution is -2.65. The van der Waals surface area contributed by atoms with Gasteiger partial charge in [0.1, 0.15) is 6.10 Å². The molecule has 0 radical (unpaired) electrons. The molecular weight excluding hydrogens is 465 g/mol. The van der Waals surface area contributed by atoms with E-state index < -0.39 is 17.8 Å². The van der Waals surface area contributed by atoms with E-state index >= 15 is 0 Å². The van der Waals surface area contributed by atoms with Crippen molar-refractivity contribution < 1.29 is 22.7 Å². The number of nitrogens with one attached hydrogen (secondary N) is 1. The summed E-state index contributed by atoms with van der Waals surface area (Å²) < 4.78 is 47.8. The lowest BCUT2D eigenvalue weighted by Gasteiger charge is -2.57. The predicted octanol–water partition coefficient (Wildman–Crippen LogP) is 6.48. The summed E-state index contributed by atoms with van der Waals surface area (Å²) in [5, 5.41) is 3.38. The summed E-state index contributed by atoms with van der Waals surface area (Å²) in [7, 11) is 0. The summed E-state index contributed by atoms with van der Waals surface area (Å²) in [6, 6.07) is 13.0. The van der Waals surface area contributed by atoms with Crippen LogP contribution >= 0.6 is 0 Å². The van der Waals surface area contributed by atoms with Crippen LogP contribution in [0.25, 0.3) is 0 Å². The molecule has 2 aromatic rings. The van der Waals surface area contributed by atoms with Gasteiger partial charge in [0.15, 0.2) is 0 Å². The molecule has 2 amide bonds. The summed E-state index contributed by atoms with van der Waals surface area (Å²) in [6.45, 7) is 2.71. The molecule has 1 saturated heterocycles. The number of likely N-dealkylation sites (tertiary alicyclic amines) is 1. The molecule has 7 heteroatoms. The number of ether oxygens (including phenoxy) is 1. The highest BCUT2D eigenvalue weighted by molar-refractivity contribution is 5.76.